The number of carbonyl (C=O) groups excluding carboxylic acids is 3. The molecule has 0 radical (unpaired) electrons. The number of hydrogen-bond acceptors (Lipinski definition) is 6. The van der Waals surface area contributed by atoms with E-state index in [4.69, 9.17) is 14.2 Å². The van der Waals surface area contributed by atoms with Crippen LogP contribution in [-0.2, 0) is 28.6 Å². The van der Waals surface area contributed by atoms with Gasteiger partial charge in [-0.2, -0.15) is 0 Å². The van der Waals surface area contributed by atoms with E-state index in [-0.39, 0.29) is 31.1 Å². The van der Waals surface area contributed by atoms with Crippen molar-refractivity contribution in [2.75, 3.05) is 13.2 Å². The fourth-order valence-corrected chi connectivity index (χ4v) is 10.9. The molecular weight excluding hydrogens is 985 g/mol. The molecule has 470 valence electrons. The molecule has 0 spiro atoms. The Hall–Kier alpha value is -2.37. The molecule has 0 heterocycles. The Balaban J connectivity index is 4.03. The van der Waals surface area contributed by atoms with Gasteiger partial charge in [-0.05, 0) is 70.6 Å². The molecular formula is C74H138O6. The zero-order chi connectivity index (χ0) is 57.8. The molecule has 6 nitrogen and oxygen atoms in total. The zero-order valence-corrected chi connectivity index (χ0v) is 54.1. The Bertz CT molecular complexity index is 1340. The highest BCUT2D eigenvalue weighted by Crippen LogP contribution is 2.19. The highest BCUT2D eigenvalue weighted by atomic mass is 16.6. The molecule has 1 atom stereocenters. The second-order valence-electron chi connectivity index (χ2n) is 24.5. The first-order valence-corrected chi connectivity index (χ1v) is 36.0. The summed E-state index contributed by atoms with van der Waals surface area (Å²) in [5.41, 5.74) is 0. The van der Waals surface area contributed by atoms with Crippen molar-refractivity contribution in [3.8, 4) is 0 Å². The van der Waals surface area contributed by atoms with Crippen LogP contribution in [0.5, 0.6) is 0 Å². The maximum Gasteiger partial charge on any atom is 0.306 e. The Morgan fingerprint density at radius 2 is 0.463 bits per heavy atom. The summed E-state index contributed by atoms with van der Waals surface area (Å²) < 4.78 is 16.9. The third-order valence-corrected chi connectivity index (χ3v) is 16.4. The van der Waals surface area contributed by atoms with Crippen molar-refractivity contribution in [2.45, 2.75) is 406 Å². The highest BCUT2D eigenvalue weighted by molar-refractivity contribution is 5.71. The van der Waals surface area contributed by atoms with E-state index in [2.05, 4.69) is 57.2 Å². The molecule has 0 saturated heterocycles. The van der Waals surface area contributed by atoms with Crippen LogP contribution in [0.2, 0.25) is 0 Å². The van der Waals surface area contributed by atoms with Gasteiger partial charge in [-0.15, -0.1) is 0 Å². The second-order valence-corrected chi connectivity index (χ2v) is 24.5. The lowest BCUT2D eigenvalue weighted by atomic mass is 10.0. The second kappa shape index (κ2) is 69.1. The van der Waals surface area contributed by atoms with Crippen molar-refractivity contribution in [1.29, 1.82) is 0 Å². The number of hydrogen-bond donors (Lipinski definition) is 0. The predicted octanol–water partition coefficient (Wildman–Crippen LogP) is 24.7. The van der Waals surface area contributed by atoms with Crippen LogP contribution in [0, 0.1) is 0 Å². The summed E-state index contributed by atoms with van der Waals surface area (Å²) in [5.74, 6) is -0.860. The van der Waals surface area contributed by atoms with Gasteiger partial charge >= 0.3 is 17.9 Å². The molecule has 6 heteroatoms. The average molecular weight is 1120 g/mol. The molecule has 0 aliphatic heterocycles. The van der Waals surface area contributed by atoms with Crippen LogP contribution in [0.1, 0.15) is 400 Å². The van der Waals surface area contributed by atoms with Crippen LogP contribution < -0.4 is 0 Å². The fourth-order valence-electron chi connectivity index (χ4n) is 10.9. The Labute approximate surface area is 499 Å². The minimum absolute atomic E-state index is 0.0723. The van der Waals surface area contributed by atoms with Crippen molar-refractivity contribution in [2.24, 2.45) is 0 Å². The maximum absolute atomic E-state index is 12.9. The summed E-state index contributed by atoms with van der Waals surface area (Å²) in [6.07, 6.45) is 86.3. The molecule has 0 rings (SSSR count). The van der Waals surface area contributed by atoms with Crippen LogP contribution in [0.4, 0.5) is 0 Å². The lowest BCUT2D eigenvalue weighted by Gasteiger charge is -2.18. The van der Waals surface area contributed by atoms with E-state index in [0.717, 1.165) is 83.5 Å². The molecule has 1 unspecified atom stereocenters. The molecule has 0 N–H and O–H groups in total. The minimum atomic E-state index is -0.776. The SMILES string of the molecule is CCCC/C=C\C/C=C\CCCCCCCC(=O)OC(COC(=O)CCCCCCCCCCCCCCC)COC(=O)CCCCCCCCCCCCCCCCCCCCCCCCC/C=C\CCCCCCCCCC. The van der Waals surface area contributed by atoms with E-state index in [1.165, 1.54) is 276 Å². The molecule has 0 aromatic rings. The predicted molar refractivity (Wildman–Crippen MR) is 349 cm³/mol. The van der Waals surface area contributed by atoms with E-state index < -0.39 is 6.10 Å². The van der Waals surface area contributed by atoms with Crippen LogP contribution in [0.15, 0.2) is 36.5 Å². The monoisotopic (exact) mass is 1120 g/mol. The van der Waals surface area contributed by atoms with E-state index >= 15 is 0 Å². The number of carbonyl (C=O) groups is 3. The average Bonchev–Trinajstić information content (AvgIpc) is 3.46. The third kappa shape index (κ3) is 66.4. The van der Waals surface area contributed by atoms with Crippen molar-refractivity contribution in [3.63, 3.8) is 0 Å². The smallest absolute Gasteiger partial charge is 0.306 e. The highest BCUT2D eigenvalue weighted by Gasteiger charge is 2.19. The van der Waals surface area contributed by atoms with Gasteiger partial charge in [0.15, 0.2) is 6.10 Å². The van der Waals surface area contributed by atoms with Crippen LogP contribution in [0.25, 0.3) is 0 Å². The maximum atomic E-state index is 12.9. The van der Waals surface area contributed by atoms with Gasteiger partial charge in [0, 0.05) is 19.3 Å². The lowest BCUT2D eigenvalue weighted by Crippen LogP contribution is -2.30. The van der Waals surface area contributed by atoms with Gasteiger partial charge in [-0.1, -0.05) is 346 Å². The molecule has 0 aliphatic rings. The van der Waals surface area contributed by atoms with Crippen molar-refractivity contribution in [1.82, 2.24) is 0 Å². The molecule has 0 aromatic carbocycles. The first-order valence-electron chi connectivity index (χ1n) is 36.0. The summed E-state index contributed by atoms with van der Waals surface area (Å²) in [4.78, 5) is 38.3. The summed E-state index contributed by atoms with van der Waals surface area (Å²) in [7, 11) is 0. The van der Waals surface area contributed by atoms with Crippen LogP contribution in [0.3, 0.4) is 0 Å². The number of esters is 3. The largest absolute Gasteiger partial charge is 0.462 e. The van der Waals surface area contributed by atoms with Crippen molar-refractivity contribution < 1.29 is 28.6 Å². The van der Waals surface area contributed by atoms with E-state index in [9.17, 15) is 14.4 Å². The van der Waals surface area contributed by atoms with Gasteiger partial charge in [-0.3, -0.25) is 14.4 Å². The van der Waals surface area contributed by atoms with Gasteiger partial charge in [0.25, 0.3) is 0 Å². The number of unbranched alkanes of at least 4 members (excludes halogenated alkanes) is 50. The van der Waals surface area contributed by atoms with Crippen LogP contribution >= 0.6 is 0 Å². The number of allylic oxidation sites excluding steroid dienone is 6. The molecule has 0 amide bonds. The van der Waals surface area contributed by atoms with Gasteiger partial charge in [0.1, 0.15) is 13.2 Å². The van der Waals surface area contributed by atoms with Crippen molar-refractivity contribution >= 4 is 17.9 Å². The summed E-state index contributed by atoms with van der Waals surface area (Å²) in [6, 6.07) is 0. The molecule has 0 aromatic heterocycles. The molecule has 0 saturated carbocycles. The standard InChI is InChI=1S/C74H138O6/c1-4-7-10-13-16-19-22-25-27-28-29-30-31-32-33-34-35-36-37-38-39-40-41-42-43-44-45-46-47-50-52-55-58-61-64-67-73(76)79-70-71(69-78-72(75)66-63-60-57-54-51-48-24-21-18-15-12-9-6-3)80-74(77)68-65-62-59-56-53-49-26-23-20-17-14-11-8-5-2/h14,17,23,26,28-29,71H,4-13,15-16,18-22,24-25,27,30-70H2,1-3H3/b17-14-,26-23-,29-28-. The fraction of sp³-hybridized carbons (Fsp3) is 0.878. The molecule has 0 fully saturated rings. The van der Waals surface area contributed by atoms with E-state index in [1.54, 1.807) is 0 Å². The van der Waals surface area contributed by atoms with E-state index in [0.29, 0.717) is 19.3 Å². The Morgan fingerprint density at radius 1 is 0.250 bits per heavy atom. The van der Waals surface area contributed by atoms with Gasteiger partial charge in [0.05, 0.1) is 0 Å². The first-order chi connectivity index (χ1) is 39.5. The number of rotatable bonds is 67. The van der Waals surface area contributed by atoms with Gasteiger partial charge in [0.2, 0.25) is 0 Å². The van der Waals surface area contributed by atoms with Crippen LogP contribution in [-0.4, -0.2) is 37.2 Å². The first kappa shape index (κ1) is 77.6. The third-order valence-electron chi connectivity index (χ3n) is 16.4. The Morgan fingerprint density at radius 3 is 0.738 bits per heavy atom. The summed E-state index contributed by atoms with van der Waals surface area (Å²) >= 11 is 0. The zero-order valence-electron chi connectivity index (χ0n) is 54.1. The van der Waals surface area contributed by atoms with Crippen molar-refractivity contribution in [3.05, 3.63) is 36.5 Å². The summed E-state index contributed by atoms with van der Waals surface area (Å²) in [5, 5.41) is 0. The molecule has 0 aliphatic carbocycles. The minimum Gasteiger partial charge on any atom is -0.462 e. The molecule has 0 bridgehead atoms. The Kier molecular flexibility index (Phi) is 67.1. The normalized spacial score (nSPS) is 12.2. The lowest BCUT2D eigenvalue weighted by molar-refractivity contribution is -0.167. The molecule has 80 heavy (non-hydrogen) atoms. The topological polar surface area (TPSA) is 78.9 Å². The van der Waals surface area contributed by atoms with Gasteiger partial charge < -0.3 is 14.2 Å². The number of ether oxygens (including phenoxy) is 3. The van der Waals surface area contributed by atoms with E-state index in [1.807, 2.05) is 0 Å². The quantitative estimate of drug-likeness (QED) is 0.0261. The summed E-state index contributed by atoms with van der Waals surface area (Å²) in [6.45, 7) is 6.65. The van der Waals surface area contributed by atoms with Gasteiger partial charge in [-0.25, -0.2) is 0 Å².